The number of nitrogens with one attached hydrogen (secondary N) is 1. The van der Waals surface area contributed by atoms with Crippen molar-refractivity contribution < 1.29 is 23.5 Å². The first-order valence-corrected chi connectivity index (χ1v) is 5.71. The minimum Gasteiger partial charge on any atom is -0.391 e. The number of hydrogen-bond acceptors (Lipinski definition) is 3. The van der Waals surface area contributed by atoms with Gasteiger partial charge in [-0.25, -0.2) is 8.78 Å². The Labute approximate surface area is 107 Å². The minimum absolute atomic E-state index is 0.0673. The smallest absolute Gasteiger partial charge is 0.313 e. The van der Waals surface area contributed by atoms with Gasteiger partial charge in [0.15, 0.2) is 11.6 Å². The fourth-order valence-corrected chi connectivity index (χ4v) is 1.85. The van der Waals surface area contributed by atoms with Gasteiger partial charge in [0.2, 0.25) is 0 Å². The molecule has 0 unspecified atom stereocenters. The Balaban J connectivity index is 2.05. The molecule has 0 radical (unpaired) electrons. The van der Waals surface area contributed by atoms with E-state index in [1.165, 1.54) is 6.07 Å². The third-order valence-corrected chi connectivity index (χ3v) is 2.84. The number of aliphatic hydroxyl groups is 1. The highest BCUT2D eigenvalue weighted by Gasteiger charge is 2.29. The highest BCUT2D eigenvalue weighted by atomic mass is 19.2. The summed E-state index contributed by atoms with van der Waals surface area (Å²) in [5.74, 6) is -4.26. The number of rotatable bonds is 1. The van der Waals surface area contributed by atoms with Crippen LogP contribution in [0.4, 0.5) is 14.5 Å². The van der Waals surface area contributed by atoms with Gasteiger partial charge >= 0.3 is 11.8 Å². The van der Waals surface area contributed by atoms with Gasteiger partial charge in [-0.15, -0.1) is 0 Å². The molecule has 7 heteroatoms. The molecule has 102 valence electrons. The van der Waals surface area contributed by atoms with E-state index in [4.69, 9.17) is 0 Å². The van der Waals surface area contributed by atoms with Crippen LogP contribution in [0.3, 0.4) is 0 Å². The van der Waals surface area contributed by atoms with Gasteiger partial charge < -0.3 is 15.3 Å². The van der Waals surface area contributed by atoms with Crippen molar-refractivity contribution in [3.8, 4) is 0 Å². The lowest BCUT2D eigenvalue weighted by atomic mass is 10.3. The number of aliphatic hydroxyl groups excluding tert-OH is 1. The molecule has 1 aliphatic rings. The summed E-state index contributed by atoms with van der Waals surface area (Å²) in [7, 11) is 0. The third kappa shape index (κ3) is 2.87. The second-order valence-corrected chi connectivity index (χ2v) is 4.25. The third-order valence-electron chi connectivity index (χ3n) is 2.84. The van der Waals surface area contributed by atoms with E-state index in [1.54, 1.807) is 0 Å². The van der Waals surface area contributed by atoms with Crippen LogP contribution in [0.1, 0.15) is 6.42 Å². The Hall–Kier alpha value is -2.02. The summed E-state index contributed by atoms with van der Waals surface area (Å²) in [5, 5.41) is 11.3. The quantitative estimate of drug-likeness (QED) is 0.730. The Morgan fingerprint density at radius 3 is 2.74 bits per heavy atom. The summed E-state index contributed by atoms with van der Waals surface area (Å²) < 4.78 is 26.2. The van der Waals surface area contributed by atoms with Crippen LogP contribution in [0.2, 0.25) is 0 Å². The molecule has 2 rings (SSSR count). The van der Waals surface area contributed by atoms with Gasteiger partial charge in [-0.1, -0.05) is 6.07 Å². The maximum absolute atomic E-state index is 13.3. The number of anilines is 1. The Morgan fingerprint density at radius 2 is 2.11 bits per heavy atom. The lowest BCUT2D eigenvalue weighted by molar-refractivity contribution is -0.142. The summed E-state index contributed by atoms with van der Waals surface area (Å²) in [6.45, 7) is 0.330. The summed E-state index contributed by atoms with van der Waals surface area (Å²) in [4.78, 5) is 24.4. The maximum Gasteiger partial charge on any atom is 0.313 e. The van der Waals surface area contributed by atoms with Gasteiger partial charge in [-0.05, 0) is 18.6 Å². The topological polar surface area (TPSA) is 69.6 Å². The van der Waals surface area contributed by atoms with Crippen molar-refractivity contribution in [2.75, 3.05) is 18.4 Å². The first-order valence-electron chi connectivity index (χ1n) is 5.71. The average molecular weight is 270 g/mol. The van der Waals surface area contributed by atoms with Crippen LogP contribution >= 0.6 is 0 Å². The SMILES string of the molecule is O=C(Nc1cccc(F)c1F)C(=O)N1CC[C@@H](O)C1. The fraction of sp³-hybridized carbons (Fsp3) is 0.333. The summed E-state index contributed by atoms with van der Waals surface area (Å²) in [6, 6.07) is 3.28. The molecule has 1 saturated heterocycles. The molecule has 1 aliphatic heterocycles. The van der Waals surface area contributed by atoms with E-state index < -0.39 is 35.2 Å². The molecule has 1 atom stereocenters. The molecule has 0 spiro atoms. The van der Waals surface area contributed by atoms with Gasteiger partial charge in [0, 0.05) is 13.1 Å². The van der Waals surface area contributed by atoms with Crippen LogP contribution in [0.15, 0.2) is 18.2 Å². The lowest BCUT2D eigenvalue weighted by Gasteiger charge is -2.15. The normalized spacial score (nSPS) is 18.5. The van der Waals surface area contributed by atoms with Gasteiger partial charge in [-0.2, -0.15) is 0 Å². The standard InChI is InChI=1S/C12H12F2N2O3/c13-8-2-1-3-9(10(8)14)15-11(18)12(19)16-5-4-7(17)6-16/h1-3,7,17H,4-6H2,(H,15,18)/t7-/m1/s1. The number of carbonyl (C=O) groups excluding carboxylic acids is 2. The van der Waals surface area contributed by atoms with E-state index in [9.17, 15) is 23.5 Å². The van der Waals surface area contributed by atoms with Crippen molar-refractivity contribution in [2.24, 2.45) is 0 Å². The molecule has 2 N–H and O–H groups in total. The van der Waals surface area contributed by atoms with Crippen molar-refractivity contribution in [1.29, 1.82) is 0 Å². The van der Waals surface area contributed by atoms with E-state index in [-0.39, 0.29) is 13.1 Å². The van der Waals surface area contributed by atoms with Gasteiger partial charge in [0.25, 0.3) is 0 Å². The zero-order valence-electron chi connectivity index (χ0n) is 9.90. The van der Waals surface area contributed by atoms with Crippen molar-refractivity contribution >= 4 is 17.5 Å². The second kappa shape index (κ2) is 5.31. The Kier molecular flexibility index (Phi) is 3.75. The monoisotopic (exact) mass is 270 g/mol. The number of carbonyl (C=O) groups is 2. The molecule has 5 nitrogen and oxygen atoms in total. The number of benzene rings is 1. The zero-order chi connectivity index (χ0) is 14.0. The molecule has 1 aromatic rings. The van der Waals surface area contributed by atoms with Crippen LogP contribution in [0, 0.1) is 11.6 Å². The highest BCUT2D eigenvalue weighted by molar-refractivity contribution is 6.39. The number of hydrogen-bond donors (Lipinski definition) is 2. The number of halogens is 2. The number of nitrogens with zero attached hydrogens (tertiary/aromatic N) is 1. The number of likely N-dealkylation sites (tertiary alicyclic amines) is 1. The van der Waals surface area contributed by atoms with E-state index in [0.29, 0.717) is 6.42 Å². The summed E-state index contributed by atoms with van der Waals surface area (Å²) >= 11 is 0. The van der Waals surface area contributed by atoms with E-state index in [0.717, 1.165) is 17.0 Å². The average Bonchev–Trinajstić information content (AvgIpc) is 2.80. The molecule has 2 amide bonds. The van der Waals surface area contributed by atoms with Crippen LogP contribution < -0.4 is 5.32 Å². The van der Waals surface area contributed by atoms with Gasteiger partial charge in [-0.3, -0.25) is 9.59 Å². The molecule has 19 heavy (non-hydrogen) atoms. The van der Waals surface area contributed by atoms with Crippen molar-refractivity contribution in [2.45, 2.75) is 12.5 Å². The predicted octanol–water partition coefficient (Wildman–Crippen LogP) is 0.496. The number of β-amino-alcohol motifs (C(OH)–C–C–N with tert-alkyl or cyclic N) is 1. The van der Waals surface area contributed by atoms with Gasteiger partial charge in [0.05, 0.1) is 11.8 Å². The largest absolute Gasteiger partial charge is 0.391 e. The van der Waals surface area contributed by atoms with E-state index in [1.807, 2.05) is 5.32 Å². The highest BCUT2D eigenvalue weighted by Crippen LogP contribution is 2.17. The minimum atomic E-state index is -1.22. The van der Waals surface area contributed by atoms with Crippen LogP contribution in [0.25, 0.3) is 0 Å². The molecule has 0 saturated carbocycles. The summed E-state index contributed by atoms with van der Waals surface area (Å²) in [5.41, 5.74) is -0.391. The Bertz CT molecular complexity index is 522. The fourth-order valence-electron chi connectivity index (χ4n) is 1.85. The van der Waals surface area contributed by atoms with Crippen molar-refractivity contribution in [3.05, 3.63) is 29.8 Å². The predicted molar refractivity (Wildman–Crippen MR) is 62.2 cm³/mol. The molecule has 1 aromatic carbocycles. The molecular formula is C12H12F2N2O3. The molecule has 1 heterocycles. The molecule has 0 bridgehead atoms. The molecule has 0 aromatic heterocycles. The second-order valence-electron chi connectivity index (χ2n) is 4.25. The van der Waals surface area contributed by atoms with Crippen LogP contribution in [-0.4, -0.2) is 41.0 Å². The van der Waals surface area contributed by atoms with Gasteiger partial charge in [0.1, 0.15) is 0 Å². The van der Waals surface area contributed by atoms with Crippen LogP contribution in [-0.2, 0) is 9.59 Å². The lowest BCUT2D eigenvalue weighted by Crippen LogP contribution is -2.38. The van der Waals surface area contributed by atoms with Crippen molar-refractivity contribution in [3.63, 3.8) is 0 Å². The molecule has 1 fully saturated rings. The molecule has 0 aliphatic carbocycles. The summed E-state index contributed by atoms with van der Waals surface area (Å²) in [6.07, 6.45) is -0.254. The Morgan fingerprint density at radius 1 is 1.37 bits per heavy atom. The van der Waals surface area contributed by atoms with Crippen molar-refractivity contribution in [1.82, 2.24) is 4.90 Å². The van der Waals surface area contributed by atoms with E-state index >= 15 is 0 Å². The first-order chi connectivity index (χ1) is 8.99. The van der Waals surface area contributed by atoms with E-state index in [2.05, 4.69) is 0 Å². The molecular weight excluding hydrogens is 258 g/mol. The maximum atomic E-state index is 13.3. The first kappa shape index (κ1) is 13.4. The zero-order valence-corrected chi connectivity index (χ0v) is 9.90. The number of amides is 2. The van der Waals surface area contributed by atoms with Crippen LogP contribution in [0.5, 0.6) is 0 Å².